The van der Waals surface area contributed by atoms with Crippen molar-refractivity contribution in [2.45, 2.75) is 37.3 Å². The number of rotatable bonds is 8. The molecule has 1 aromatic heterocycles. The molecule has 1 N–H and O–H groups in total. The first kappa shape index (κ1) is 19.9. The molecule has 2 aromatic carbocycles. The van der Waals surface area contributed by atoms with Crippen LogP contribution in [0.4, 0.5) is 6.01 Å². The van der Waals surface area contributed by atoms with Crippen LogP contribution in [0.3, 0.4) is 0 Å². The lowest BCUT2D eigenvalue weighted by molar-refractivity contribution is -0.118. The van der Waals surface area contributed by atoms with Gasteiger partial charge in [-0.3, -0.25) is 10.1 Å². The minimum Gasteiger partial charge on any atom is -0.483 e. The van der Waals surface area contributed by atoms with Gasteiger partial charge in [0, 0.05) is 10.1 Å². The van der Waals surface area contributed by atoms with Crippen LogP contribution in [0.5, 0.6) is 5.75 Å². The second-order valence-electron chi connectivity index (χ2n) is 6.59. The summed E-state index contributed by atoms with van der Waals surface area (Å²) in [6.07, 6.45) is 0.509. The van der Waals surface area contributed by atoms with Crippen LogP contribution < -0.4 is 10.1 Å². The highest BCUT2D eigenvalue weighted by Crippen LogP contribution is 2.23. The number of hydrogen-bond donors (Lipinski definition) is 1. The van der Waals surface area contributed by atoms with E-state index in [1.165, 1.54) is 4.90 Å². The molecule has 1 heterocycles. The van der Waals surface area contributed by atoms with Gasteiger partial charge in [0.1, 0.15) is 5.75 Å². The van der Waals surface area contributed by atoms with Gasteiger partial charge in [0.2, 0.25) is 5.89 Å². The van der Waals surface area contributed by atoms with Crippen molar-refractivity contribution in [3.63, 3.8) is 0 Å². The van der Waals surface area contributed by atoms with Gasteiger partial charge in [0.15, 0.2) is 6.61 Å². The second kappa shape index (κ2) is 9.41. The monoisotopic (exact) mass is 397 g/mol. The van der Waals surface area contributed by atoms with Gasteiger partial charge < -0.3 is 9.15 Å². The number of carbonyl (C=O) groups excluding carboxylic acids is 1. The lowest BCUT2D eigenvalue weighted by Crippen LogP contribution is -2.20. The van der Waals surface area contributed by atoms with E-state index in [1.807, 2.05) is 55.1 Å². The SMILES string of the molecule is Cc1ccccc1OCC(=O)Nc1nnc(Cc2ccc(SC(C)C)cc2)o1. The summed E-state index contributed by atoms with van der Waals surface area (Å²) in [6.45, 7) is 6.13. The van der Waals surface area contributed by atoms with Gasteiger partial charge in [0.25, 0.3) is 5.91 Å². The summed E-state index contributed by atoms with van der Waals surface area (Å²) in [7, 11) is 0. The standard InChI is InChI=1S/C21H23N3O3S/c1-14(2)28-17-10-8-16(9-11-17)12-20-23-24-21(27-20)22-19(25)13-26-18-7-5-4-6-15(18)3/h4-11,14H,12-13H2,1-3H3,(H,22,24,25). The summed E-state index contributed by atoms with van der Waals surface area (Å²) >= 11 is 1.82. The fourth-order valence-electron chi connectivity index (χ4n) is 2.53. The van der Waals surface area contributed by atoms with Crippen molar-refractivity contribution in [2.75, 3.05) is 11.9 Å². The van der Waals surface area contributed by atoms with Crippen LogP contribution >= 0.6 is 11.8 Å². The van der Waals surface area contributed by atoms with Crippen molar-refractivity contribution in [1.29, 1.82) is 0 Å². The van der Waals surface area contributed by atoms with Crippen molar-refractivity contribution in [3.8, 4) is 5.75 Å². The summed E-state index contributed by atoms with van der Waals surface area (Å²) in [5, 5.41) is 11.0. The fourth-order valence-corrected chi connectivity index (χ4v) is 3.36. The molecule has 6 nitrogen and oxygen atoms in total. The largest absolute Gasteiger partial charge is 0.483 e. The van der Waals surface area contributed by atoms with Crippen LogP contribution in [0, 0.1) is 6.92 Å². The Morgan fingerprint density at radius 1 is 1.14 bits per heavy atom. The maximum Gasteiger partial charge on any atom is 0.322 e. The maximum atomic E-state index is 12.0. The van der Waals surface area contributed by atoms with E-state index in [4.69, 9.17) is 9.15 Å². The highest BCUT2D eigenvalue weighted by molar-refractivity contribution is 7.99. The molecule has 0 atom stereocenters. The van der Waals surface area contributed by atoms with E-state index < -0.39 is 0 Å². The number of amides is 1. The number of aromatic nitrogens is 2. The number of para-hydroxylation sites is 1. The molecule has 0 saturated heterocycles. The molecule has 0 aliphatic heterocycles. The highest BCUT2D eigenvalue weighted by atomic mass is 32.2. The number of benzene rings is 2. The normalized spacial score (nSPS) is 10.9. The smallest absolute Gasteiger partial charge is 0.322 e. The molecular formula is C21H23N3O3S. The summed E-state index contributed by atoms with van der Waals surface area (Å²) in [4.78, 5) is 13.3. The number of ether oxygens (including phenoxy) is 1. The molecule has 0 aliphatic carbocycles. The zero-order valence-electron chi connectivity index (χ0n) is 16.1. The molecule has 146 valence electrons. The van der Waals surface area contributed by atoms with Crippen molar-refractivity contribution in [3.05, 3.63) is 65.5 Å². The Bertz CT molecular complexity index is 923. The lowest BCUT2D eigenvalue weighted by Gasteiger charge is -2.07. The topological polar surface area (TPSA) is 77.2 Å². The van der Waals surface area contributed by atoms with E-state index in [0.717, 1.165) is 11.1 Å². The van der Waals surface area contributed by atoms with Crippen LogP contribution in [-0.2, 0) is 11.2 Å². The minimum absolute atomic E-state index is 0.0698. The van der Waals surface area contributed by atoms with Crippen LogP contribution in [0.1, 0.15) is 30.9 Å². The Hall–Kier alpha value is -2.80. The number of anilines is 1. The Labute approximate surface area is 168 Å². The minimum atomic E-state index is -0.353. The zero-order valence-corrected chi connectivity index (χ0v) is 17.0. The molecule has 0 unspecified atom stereocenters. The Balaban J connectivity index is 1.51. The third-order valence-corrected chi connectivity index (χ3v) is 4.83. The van der Waals surface area contributed by atoms with Gasteiger partial charge in [-0.05, 0) is 36.2 Å². The molecule has 3 aromatic rings. The van der Waals surface area contributed by atoms with Gasteiger partial charge in [-0.25, -0.2) is 0 Å². The van der Waals surface area contributed by atoms with Gasteiger partial charge in [0.05, 0.1) is 6.42 Å². The zero-order chi connectivity index (χ0) is 19.9. The first-order chi connectivity index (χ1) is 13.5. The van der Waals surface area contributed by atoms with E-state index >= 15 is 0 Å². The molecular weight excluding hydrogens is 374 g/mol. The average Bonchev–Trinajstić information content (AvgIpc) is 3.09. The van der Waals surface area contributed by atoms with Crippen molar-refractivity contribution >= 4 is 23.7 Å². The van der Waals surface area contributed by atoms with Crippen LogP contribution in [0.25, 0.3) is 0 Å². The van der Waals surface area contributed by atoms with Crippen LogP contribution in [0.2, 0.25) is 0 Å². The third-order valence-electron chi connectivity index (χ3n) is 3.82. The number of hydrogen-bond acceptors (Lipinski definition) is 6. The van der Waals surface area contributed by atoms with Crippen LogP contribution in [0.15, 0.2) is 57.8 Å². The van der Waals surface area contributed by atoms with E-state index in [1.54, 1.807) is 0 Å². The van der Waals surface area contributed by atoms with Crippen LogP contribution in [-0.4, -0.2) is 28.0 Å². The molecule has 0 bridgehead atoms. The predicted molar refractivity (Wildman–Crippen MR) is 110 cm³/mol. The first-order valence-electron chi connectivity index (χ1n) is 9.06. The Morgan fingerprint density at radius 3 is 2.61 bits per heavy atom. The van der Waals surface area contributed by atoms with Crippen molar-refractivity contribution < 1.29 is 13.9 Å². The second-order valence-corrected chi connectivity index (χ2v) is 8.24. The molecule has 0 saturated carbocycles. The summed E-state index contributed by atoms with van der Waals surface area (Å²) < 4.78 is 11.0. The van der Waals surface area contributed by atoms with Gasteiger partial charge in [-0.2, -0.15) is 0 Å². The summed E-state index contributed by atoms with van der Waals surface area (Å²) in [5.74, 6) is 0.760. The van der Waals surface area contributed by atoms with Gasteiger partial charge in [-0.1, -0.05) is 49.3 Å². The van der Waals surface area contributed by atoms with Crippen molar-refractivity contribution in [1.82, 2.24) is 10.2 Å². The van der Waals surface area contributed by atoms with E-state index in [2.05, 4.69) is 41.5 Å². The lowest BCUT2D eigenvalue weighted by atomic mass is 10.1. The Morgan fingerprint density at radius 2 is 1.89 bits per heavy atom. The van der Waals surface area contributed by atoms with Gasteiger partial charge in [-0.15, -0.1) is 16.9 Å². The number of nitrogens with one attached hydrogen (secondary N) is 1. The summed E-state index contributed by atoms with van der Waals surface area (Å²) in [5.41, 5.74) is 2.03. The molecule has 0 spiro atoms. The van der Waals surface area contributed by atoms with Crippen molar-refractivity contribution in [2.24, 2.45) is 0 Å². The molecule has 0 aliphatic rings. The summed E-state index contributed by atoms with van der Waals surface area (Å²) in [6, 6.07) is 15.8. The molecule has 28 heavy (non-hydrogen) atoms. The molecule has 0 fully saturated rings. The number of carbonyl (C=O) groups is 1. The fraction of sp³-hybridized carbons (Fsp3) is 0.286. The predicted octanol–water partition coefficient (Wildman–Crippen LogP) is 4.49. The Kier molecular flexibility index (Phi) is 6.71. The van der Waals surface area contributed by atoms with E-state index in [-0.39, 0.29) is 18.5 Å². The first-order valence-corrected chi connectivity index (χ1v) is 9.94. The third kappa shape index (κ3) is 5.85. The maximum absolute atomic E-state index is 12.0. The number of aryl methyl sites for hydroxylation is 1. The molecule has 7 heteroatoms. The molecule has 1 amide bonds. The van der Waals surface area contributed by atoms with E-state index in [0.29, 0.717) is 23.3 Å². The quantitative estimate of drug-likeness (QED) is 0.565. The molecule has 0 radical (unpaired) electrons. The average molecular weight is 398 g/mol. The number of thioether (sulfide) groups is 1. The highest BCUT2D eigenvalue weighted by Gasteiger charge is 2.11. The molecule has 3 rings (SSSR count). The van der Waals surface area contributed by atoms with E-state index in [9.17, 15) is 4.79 Å². The van der Waals surface area contributed by atoms with Gasteiger partial charge >= 0.3 is 6.01 Å². The number of nitrogens with zero attached hydrogens (tertiary/aromatic N) is 2.